The van der Waals surface area contributed by atoms with Crippen molar-refractivity contribution in [3.8, 4) is 0 Å². The molecule has 0 bridgehead atoms. The first-order valence-electron chi connectivity index (χ1n) is 8.63. The third-order valence-corrected chi connectivity index (χ3v) is 4.15. The maximum atomic E-state index is 12.1. The molecule has 0 heterocycles. The van der Waals surface area contributed by atoms with Crippen LogP contribution >= 0.6 is 0 Å². The highest BCUT2D eigenvalue weighted by molar-refractivity contribution is 5.91. The minimum absolute atomic E-state index is 0.244. The van der Waals surface area contributed by atoms with E-state index < -0.39 is 24.0 Å². The van der Waals surface area contributed by atoms with Crippen LogP contribution in [0.25, 0.3) is 0 Å². The molecule has 0 saturated carbocycles. The fourth-order valence-electron chi connectivity index (χ4n) is 2.51. The first-order chi connectivity index (χ1) is 12.8. The van der Waals surface area contributed by atoms with Crippen molar-refractivity contribution in [1.82, 2.24) is 0 Å². The summed E-state index contributed by atoms with van der Waals surface area (Å²) in [5, 5.41) is 0. The van der Waals surface area contributed by atoms with Crippen LogP contribution in [0.3, 0.4) is 0 Å². The minimum Gasteiger partial charge on any atom is -0.399 e. The Morgan fingerprint density at radius 1 is 0.852 bits per heavy atom. The standard InChI is InChI=1S/C20H26N4O3/c1-24(2)16-9-5-14(6-10-16)12-18(23)20(26)27-19(25)17(22)11-13-3-7-15(21)8-4-13/h3-10,17-18H,11-12,21-23H2,1-2H3/t17-,18-/m0/s1. The highest BCUT2D eigenvalue weighted by Crippen LogP contribution is 2.14. The van der Waals surface area contributed by atoms with Crippen molar-refractivity contribution < 1.29 is 14.3 Å². The van der Waals surface area contributed by atoms with Crippen LogP contribution in [0.15, 0.2) is 48.5 Å². The lowest BCUT2D eigenvalue weighted by molar-refractivity contribution is -0.161. The Hall–Kier alpha value is -2.90. The molecule has 2 rings (SSSR count). The van der Waals surface area contributed by atoms with Gasteiger partial charge in [-0.2, -0.15) is 0 Å². The van der Waals surface area contributed by atoms with Gasteiger partial charge in [0.2, 0.25) is 0 Å². The minimum atomic E-state index is -0.954. The van der Waals surface area contributed by atoms with Crippen molar-refractivity contribution in [3.05, 3.63) is 59.7 Å². The first-order valence-corrected chi connectivity index (χ1v) is 8.63. The van der Waals surface area contributed by atoms with E-state index >= 15 is 0 Å². The van der Waals surface area contributed by atoms with Gasteiger partial charge in [0, 0.05) is 25.5 Å². The van der Waals surface area contributed by atoms with Gasteiger partial charge in [-0.15, -0.1) is 0 Å². The van der Waals surface area contributed by atoms with E-state index in [1.807, 2.05) is 43.3 Å². The number of hydrogen-bond donors (Lipinski definition) is 3. The summed E-state index contributed by atoms with van der Waals surface area (Å²) in [5.41, 5.74) is 20.7. The number of anilines is 2. The van der Waals surface area contributed by atoms with Crippen LogP contribution in [0, 0.1) is 0 Å². The van der Waals surface area contributed by atoms with Crippen LogP contribution in [0.1, 0.15) is 11.1 Å². The molecule has 0 unspecified atom stereocenters. The molecule has 2 aromatic carbocycles. The zero-order valence-electron chi connectivity index (χ0n) is 15.6. The van der Waals surface area contributed by atoms with E-state index in [2.05, 4.69) is 0 Å². The third-order valence-electron chi connectivity index (χ3n) is 4.15. The van der Waals surface area contributed by atoms with E-state index in [4.69, 9.17) is 21.9 Å². The molecular formula is C20H26N4O3. The molecule has 2 atom stereocenters. The molecule has 0 saturated heterocycles. The molecule has 0 spiro atoms. The first kappa shape index (κ1) is 20.4. The zero-order chi connectivity index (χ0) is 20.0. The van der Waals surface area contributed by atoms with Gasteiger partial charge in [-0.25, -0.2) is 9.59 Å². The number of esters is 2. The number of carbonyl (C=O) groups excluding carboxylic acids is 2. The molecule has 0 aromatic heterocycles. The summed E-state index contributed by atoms with van der Waals surface area (Å²) in [6.07, 6.45) is 0.515. The van der Waals surface area contributed by atoms with Gasteiger partial charge in [-0.05, 0) is 48.2 Å². The van der Waals surface area contributed by atoms with E-state index in [1.54, 1.807) is 24.3 Å². The van der Waals surface area contributed by atoms with Crippen LogP contribution in [-0.2, 0) is 27.2 Å². The third kappa shape index (κ3) is 6.09. The second-order valence-corrected chi connectivity index (χ2v) is 6.66. The summed E-state index contributed by atoms with van der Waals surface area (Å²) < 4.78 is 4.84. The highest BCUT2D eigenvalue weighted by atomic mass is 16.6. The number of carbonyl (C=O) groups is 2. The van der Waals surface area contributed by atoms with Crippen molar-refractivity contribution in [2.75, 3.05) is 24.7 Å². The van der Waals surface area contributed by atoms with Gasteiger partial charge in [-0.1, -0.05) is 24.3 Å². The zero-order valence-corrected chi connectivity index (χ0v) is 15.6. The van der Waals surface area contributed by atoms with Gasteiger partial charge in [0.15, 0.2) is 0 Å². The Bertz CT molecular complexity index is 773. The second kappa shape index (κ2) is 9.16. The average molecular weight is 370 g/mol. The predicted molar refractivity (Wildman–Crippen MR) is 106 cm³/mol. The second-order valence-electron chi connectivity index (χ2n) is 6.66. The van der Waals surface area contributed by atoms with Crippen LogP contribution in [-0.4, -0.2) is 38.1 Å². The fourth-order valence-corrected chi connectivity index (χ4v) is 2.51. The lowest BCUT2D eigenvalue weighted by Gasteiger charge is -2.15. The Morgan fingerprint density at radius 3 is 1.67 bits per heavy atom. The van der Waals surface area contributed by atoms with Crippen LogP contribution in [0.4, 0.5) is 11.4 Å². The highest BCUT2D eigenvalue weighted by Gasteiger charge is 2.23. The van der Waals surface area contributed by atoms with Gasteiger partial charge in [0.05, 0.1) is 0 Å². The van der Waals surface area contributed by atoms with Gasteiger partial charge in [-0.3, -0.25) is 0 Å². The normalized spacial score (nSPS) is 12.9. The monoisotopic (exact) mass is 370 g/mol. The van der Waals surface area contributed by atoms with Crippen LogP contribution < -0.4 is 22.1 Å². The summed E-state index contributed by atoms with van der Waals surface area (Å²) in [4.78, 5) is 26.1. The quantitative estimate of drug-likeness (QED) is 0.375. The van der Waals surface area contributed by atoms with E-state index in [0.29, 0.717) is 5.69 Å². The Labute approximate surface area is 159 Å². The van der Waals surface area contributed by atoms with Crippen LogP contribution in [0.2, 0.25) is 0 Å². The average Bonchev–Trinajstić information content (AvgIpc) is 2.63. The molecular weight excluding hydrogens is 344 g/mol. The largest absolute Gasteiger partial charge is 0.399 e. The Balaban J connectivity index is 1.86. The van der Waals surface area contributed by atoms with Crippen molar-refractivity contribution >= 4 is 23.3 Å². The number of ether oxygens (including phenoxy) is 1. The summed E-state index contributed by atoms with van der Waals surface area (Å²) in [5.74, 6) is -1.58. The molecule has 0 amide bonds. The molecule has 6 N–H and O–H groups in total. The van der Waals surface area contributed by atoms with Crippen molar-refractivity contribution in [2.45, 2.75) is 24.9 Å². The Kier molecular flexibility index (Phi) is 6.92. The van der Waals surface area contributed by atoms with Crippen molar-refractivity contribution in [1.29, 1.82) is 0 Å². The SMILES string of the molecule is CN(C)c1ccc(C[C@H](N)C(=O)OC(=O)[C@@H](N)Cc2ccc(N)cc2)cc1. The molecule has 7 nitrogen and oxygen atoms in total. The van der Waals surface area contributed by atoms with E-state index in [1.165, 1.54) is 0 Å². The van der Waals surface area contributed by atoms with E-state index in [0.717, 1.165) is 16.8 Å². The predicted octanol–water partition coefficient (Wildman–Crippen LogP) is 0.844. The number of hydrogen-bond acceptors (Lipinski definition) is 7. The number of rotatable bonds is 7. The number of nitrogen functional groups attached to an aromatic ring is 1. The lowest BCUT2D eigenvalue weighted by Crippen LogP contribution is -2.41. The summed E-state index contributed by atoms with van der Waals surface area (Å²) in [6.45, 7) is 0. The van der Waals surface area contributed by atoms with Gasteiger partial charge < -0.3 is 26.8 Å². The Morgan fingerprint density at radius 2 is 1.26 bits per heavy atom. The molecule has 7 heteroatoms. The molecule has 0 radical (unpaired) electrons. The van der Waals surface area contributed by atoms with Gasteiger partial charge >= 0.3 is 11.9 Å². The van der Waals surface area contributed by atoms with E-state index in [9.17, 15) is 9.59 Å². The maximum Gasteiger partial charge on any atom is 0.330 e. The maximum absolute atomic E-state index is 12.1. The molecule has 2 aromatic rings. The fraction of sp³-hybridized carbons (Fsp3) is 0.300. The summed E-state index contributed by atoms with van der Waals surface area (Å²) in [7, 11) is 3.88. The van der Waals surface area contributed by atoms with Gasteiger partial charge in [0.1, 0.15) is 12.1 Å². The summed E-state index contributed by atoms with van der Waals surface area (Å²) in [6, 6.07) is 12.7. The lowest BCUT2D eigenvalue weighted by atomic mass is 10.1. The molecule has 144 valence electrons. The molecule has 0 aliphatic carbocycles. The molecule has 0 aliphatic rings. The number of nitrogens with two attached hydrogens (primary N) is 3. The molecule has 0 fully saturated rings. The topological polar surface area (TPSA) is 125 Å². The summed E-state index contributed by atoms with van der Waals surface area (Å²) >= 11 is 0. The number of nitrogens with zero attached hydrogens (tertiary/aromatic N) is 1. The molecule has 0 aliphatic heterocycles. The van der Waals surface area contributed by atoms with Crippen molar-refractivity contribution in [2.24, 2.45) is 11.5 Å². The molecule has 27 heavy (non-hydrogen) atoms. The number of benzene rings is 2. The van der Waals surface area contributed by atoms with Crippen molar-refractivity contribution in [3.63, 3.8) is 0 Å². The van der Waals surface area contributed by atoms with Gasteiger partial charge in [0.25, 0.3) is 0 Å². The van der Waals surface area contributed by atoms with Crippen LogP contribution in [0.5, 0.6) is 0 Å². The smallest absolute Gasteiger partial charge is 0.330 e. The van der Waals surface area contributed by atoms with E-state index in [-0.39, 0.29) is 12.8 Å².